The van der Waals surface area contributed by atoms with E-state index in [0.29, 0.717) is 19.8 Å². The van der Waals surface area contributed by atoms with Crippen molar-refractivity contribution in [2.75, 3.05) is 19.8 Å². The van der Waals surface area contributed by atoms with Gasteiger partial charge < -0.3 is 21.8 Å². The molecule has 178 valence electrons. The largest absolute Gasteiger partial charge is 0.469 e. The Balaban J connectivity index is 5.40. The van der Waals surface area contributed by atoms with Crippen LogP contribution in [0.4, 0.5) is 0 Å². The highest BCUT2D eigenvalue weighted by atomic mass is 28.5. The van der Waals surface area contributed by atoms with Gasteiger partial charge in [-0.05, 0) is 78.2 Å². The molecule has 10 heteroatoms. The van der Waals surface area contributed by atoms with Crippen LogP contribution >= 0.6 is 0 Å². The number of hydrogen-bond acceptors (Lipinski definition) is 6. The van der Waals surface area contributed by atoms with Gasteiger partial charge in [0.05, 0.1) is 13.2 Å². The highest BCUT2D eigenvalue weighted by molar-refractivity contribution is 6.90. The molecule has 30 heavy (non-hydrogen) atoms. The van der Waals surface area contributed by atoms with Crippen molar-refractivity contribution in [2.45, 2.75) is 91.2 Å². The molecular weight excluding hydrogens is 449 g/mol. The number of esters is 1. The summed E-state index contributed by atoms with van der Waals surface area (Å²) in [6, 6.07) is 1.66. The molecule has 0 unspecified atom stereocenters. The first-order valence-electron chi connectivity index (χ1n) is 10.9. The number of carbonyl (C=O) groups excluding carboxylic acids is 1. The van der Waals surface area contributed by atoms with Crippen LogP contribution in [0.5, 0.6) is 0 Å². The second-order valence-corrected chi connectivity index (χ2v) is 27.3. The maximum atomic E-state index is 11.0. The molecule has 0 aliphatic heterocycles. The van der Waals surface area contributed by atoms with Crippen LogP contribution in [0, 0.1) is 0 Å². The van der Waals surface area contributed by atoms with E-state index in [1.807, 2.05) is 6.92 Å². The molecule has 0 rings (SSSR count). The highest BCUT2D eigenvalue weighted by Gasteiger charge is 2.50. The van der Waals surface area contributed by atoms with Crippen molar-refractivity contribution in [1.82, 2.24) is 0 Å². The minimum atomic E-state index is -2.89. The van der Waals surface area contributed by atoms with Crippen LogP contribution in [-0.2, 0) is 26.6 Å². The van der Waals surface area contributed by atoms with E-state index in [2.05, 4.69) is 59.0 Å². The van der Waals surface area contributed by atoms with Gasteiger partial charge in [0.15, 0.2) is 25.0 Å². The van der Waals surface area contributed by atoms with Crippen LogP contribution < -0.4 is 0 Å². The first-order valence-corrected chi connectivity index (χ1v) is 22.8. The average molecular weight is 495 g/mol. The van der Waals surface area contributed by atoms with Crippen molar-refractivity contribution in [3.63, 3.8) is 0 Å². The van der Waals surface area contributed by atoms with Gasteiger partial charge in [0.2, 0.25) is 0 Å². The van der Waals surface area contributed by atoms with Crippen molar-refractivity contribution in [3.05, 3.63) is 12.2 Å². The van der Waals surface area contributed by atoms with E-state index in [0.717, 1.165) is 30.5 Å². The van der Waals surface area contributed by atoms with Gasteiger partial charge in [-0.15, -0.1) is 0 Å². The van der Waals surface area contributed by atoms with Gasteiger partial charge in [0, 0.05) is 19.6 Å². The number of carbonyl (C=O) groups is 1. The van der Waals surface area contributed by atoms with E-state index < -0.39 is 33.8 Å². The van der Waals surface area contributed by atoms with E-state index in [4.69, 9.17) is 21.8 Å². The predicted molar refractivity (Wildman–Crippen MR) is 134 cm³/mol. The molecule has 0 amide bonds. The summed E-state index contributed by atoms with van der Waals surface area (Å²) in [5, 5.41) is 0. The van der Waals surface area contributed by atoms with Crippen LogP contribution in [0.15, 0.2) is 12.2 Å². The molecule has 0 saturated heterocycles. The molecule has 0 saturated carbocycles. The molecule has 0 bridgehead atoms. The van der Waals surface area contributed by atoms with Crippen molar-refractivity contribution >= 4 is 39.7 Å². The first kappa shape index (κ1) is 29.9. The third-order valence-corrected chi connectivity index (χ3v) is 17.1. The summed E-state index contributed by atoms with van der Waals surface area (Å²) in [6.45, 7) is 26.5. The standard InChI is InChI=1S/C20H46O6Si4/c1-19(2)18-22-14-12-17-30(24-27(4,5)6,25-28(7,8)9)26-29(10,11)16-13-15-23-20(3)21/h1,12-18H2,2-11H3. The molecule has 0 fully saturated rings. The van der Waals surface area contributed by atoms with E-state index in [-0.39, 0.29) is 5.97 Å². The average Bonchev–Trinajstić information content (AvgIpc) is 2.46. The van der Waals surface area contributed by atoms with Gasteiger partial charge in [-0.1, -0.05) is 12.2 Å². The Hall–Kier alpha value is -0.0825. The minimum absolute atomic E-state index is 0.238. The van der Waals surface area contributed by atoms with Gasteiger partial charge in [0.1, 0.15) is 0 Å². The fourth-order valence-electron chi connectivity index (χ4n) is 2.97. The third-order valence-electron chi connectivity index (χ3n) is 3.70. The maximum Gasteiger partial charge on any atom is 0.469 e. The first-order chi connectivity index (χ1) is 13.5. The summed E-state index contributed by atoms with van der Waals surface area (Å²) >= 11 is 0. The summed E-state index contributed by atoms with van der Waals surface area (Å²) in [7, 11) is -8.77. The fraction of sp³-hybridized carbons (Fsp3) is 0.850. The van der Waals surface area contributed by atoms with Crippen LogP contribution in [0.25, 0.3) is 0 Å². The number of rotatable bonds is 16. The third kappa shape index (κ3) is 16.6. The maximum absolute atomic E-state index is 11.0. The molecule has 0 aliphatic carbocycles. The zero-order valence-electron chi connectivity index (χ0n) is 21.1. The van der Waals surface area contributed by atoms with E-state index in [1.54, 1.807) is 0 Å². The second-order valence-electron chi connectivity index (χ2n) is 10.5. The Morgan fingerprint density at radius 1 is 0.767 bits per heavy atom. The van der Waals surface area contributed by atoms with Gasteiger partial charge in [-0.3, -0.25) is 4.79 Å². The van der Waals surface area contributed by atoms with Crippen LogP contribution in [0.2, 0.25) is 64.5 Å². The lowest BCUT2D eigenvalue weighted by molar-refractivity contribution is -0.140. The molecule has 0 aliphatic rings. The summed E-state index contributed by atoms with van der Waals surface area (Å²) < 4.78 is 31.2. The molecule has 0 aromatic carbocycles. The van der Waals surface area contributed by atoms with Gasteiger partial charge in [0.25, 0.3) is 0 Å². The zero-order chi connectivity index (χ0) is 23.6. The zero-order valence-corrected chi connectivity index (χ0v) is 25.1. The molecule has 0 N–H and O–H groups in total. The molecule has 0 heterocycles. The van der Waals surface area contributed by atoms with Crippen molar-refractivity contribution in [1.29, 1.82) is 0 Å². The normalized spacial score (nSPS) is 13.4. The van der Waals surface area contributed by atoms with Crippen LogP contribution in [0.1, 0.15) is 26.7 Å². The Labute approximate surface area is 189 Å². The smallest absolute Gasteiger partial charge is 0.466 e. The quantitative estimate of drug-likeness (QED) is 0.117. The van der Waals surface area contributed by atoms with Crippen LogP contribution in [0.3, 0.4) is 0 Å². The van der Waals surface area contributed by atoms with Gasteiger partial charge >= 0.3 is 14.8 Å². The van der Waals surface area contributed by atoms with Crippen molar-refractivity contribution in [3.8, 4) is 0 Å². The minimum Gasteiger partial charge on any atom is -0.466 e. The van der Waals surface area contributed by atoms with E-state index in [1.165, 1.54) is 6.92 Å². The summed E-state index contributed by atoms with van der Waals surface area (Å²) in [6.07, 6.45) is 1.64. The topological polar surface area (TPSA) is 63.2 Å². The Morgan fingerprint density at radius 3 is 1.70 bits per heavy atom. The lowest BCUT2D eigenvalue weighted by Crippen LogP contribution is -2.61. The molecule has 0 aromatic heterocycles. The van der Waals surface area contributed by atoms with Crippen molar-refractivity contribution in [2.24, 2.45) is 0 Å². The van der Waals surface area contributed by atoms with Gasteiger partial charge in [-0.2, -0.15) is 0 Å². The molecule has 0 aromatic rings. The fourth-order valence-corrected chi connectivity index (χ4v) is 18.6. The second kappa shape index (κ2) is 12.8. The summed E-state index contributed by atoms with van der Waals surface area (Å²) in [4.78, 5) is 11.0. The van der Waals surface area contributed by atoms with Crippen LogP contribution in [-0.4, -0.2) is 59.5 Å². The van der Waals surface area contributed by atoms with Crippen molar-refractivity contribution < 1.29 is 26.6 Å². The Morgan fingerprint density at radius 2 is 1.27 bits per heavy atom. The summed E-state index contributed by atoms with van der Waals surface area (Å²) in [5.41, 5.74) is 1.02. The number of ether oxygens (including phenoxy) is 2. The molecular formula is C20H46O6Si4. The lowest BCUT2D eigenvalue weighted by atomic mass is 10.4. The SMILES string of the molecule is C=C(C)COCCC[Si](O[Si](C)(C)C)(O[Si](C)(C)C)O[Si](C)(C)CCCOC(C)=O. The number of hydrogen-bond donors (Lipinski definition) is 0. The lowest BCUT2D eigenvalue weighted by Gasteiger charge is -2.43. The highest BCUT2D eigenvalue weighted by Crippen LogP contribution is 2.31. The Bertz CT molecular complexity index is 524. The molecule has 0 spiro atoms. The predicted octanol–water partition coefficient (Wildman–Crippen LogP) is 5.79. The Kier molecular flexibility index (Phi) is 12.8. The van der Waals surface area contributed by atoms with Gasteiger partial charge in [-0.25, -0.2) is 0 Å². The molecule has 0 radical (unpaired) electrons. The van der Waals surface area contributed by atoms with E-state index >= 15 is 0 Å². The van der Waals surface area contributed by atoms with E-state index in [9.17, 15) is 4.79 Å². The monoisotopic (exact) mass is 494 g/mol. The molecule has 6 nitrogen and oxygen atoms in total. The summed E-state index contributed by atoms with van der Waals surface area (Å²) in [5.74, 6) is -0.238. The molecule has 0 atom stereocenters.